The molecule has 8 heteroatoms. The predicted molar refractivity (Wildman–Crippen MR) is 131 cm³/mol. The van der Waals surface area contributed by atoms with Crippen molar-refractivity contribution in [2.45, 2.75) is 40.2 Å². The fourth-order valence-corrected chi connectivity index (χ4v) is 3.42. The van der Waals surface area contributed by atoms with Crippen molar-refractivity contribution in [1.82, 2.24) is 9.88 Å². The van der Waals surface area contributed by atoms with E-state index in [1.165, 1.54) is 6.08 Å². The number of anilines is 1. The van der Waals surface area contributed by atoms with Gasteiger partial charge in [-0.05, 0) is 51.0 Å². The van der Waals surface area contributed by atoms with E-state index in [0.717, 1.165) is 12.0 Å². The Labute approximate surface area is 200 Å². The molecule has 1 N–H and O–H groups in total. The first-order chi connectivity index (χ1) is 16.2. The number of ether oxygens (including phenoxy) is 3. The van der Waals surface area contributed by atoms with Crippen molar-refractivity contribution in [1.29, 1.82) is 0 Å². The molecule has 1 aromatic carbocycles. The zero-order valence-electron chi connectivity index (χ0n) is 20.7. The summed E-state index contributed by atoms with van der Waals surface area (Å²) in [5.74, 6) is 1.82. The molecule has 34 heavy (non-hydrogen) atoms. The summed E-state index contributed by atoms with van der Waals surface area (Å²) in [6.07, 6.45) is 5.63. The van der Waals surface area contributed by atoms with Crippen LogP contribution in [0, 0.1) is 5.41 Å². The SMILES string of the molecule is CCCOc1c(OC)cccc1[C@@H](C)N(C)C(=O)C=Cc1cnc2c(c1)OCC(C)(C)C(=O)N2. The minimum absolute atomic E-state index is 0.146. The van der Waals surface area contributed by atoms with Crippen LogP contribution in [0.4, 0.5) is 5.82 Å². The molecule has 2 aromatic rings. The summed E-state index contributed by atoms with van der Waals surface area (Å²) in [6, 6.07) is 7.19. The number of likely N-dealkylation sites (N-methyl/N-ethyl adjacent to an activating group) is 1. The third-order valence-corrected chi connectivity index (χ3v) is 5.79. The van der Waals surface area contributed by atoms with E-state index in [9.17, 15) is 9.59 Å². The van der Waals surface area contributed by atoms with Gasteiger partial charge in [0.1, 0.15) is 6.61 Å². The Balaban J connectivity index is 1.76. The normalized spacial score (nSPS) is 15.5. The maximum absolute atomic E-state index is 12.9. The molecule has 0 aliphatic carbocycles. The molecule has 0 saturated heterocycles. The third kappa shape index (κ3) is 5.50. The van der Waals surface area contributed by atoms with Crippen molar-refractivity contribution in [2.75, 3.05) is 32.7 Å². The van der Waals surface area contributed by atoms with Gasteiger partial charge < -0.3 is 24.4 Å². The fraction of sp³-hybridized carbons (Fsp3) is 0.423. The number of methoxy groups -OCH3 is 1. The average molecular weight is 468 g/mol. The summed E-state index contributed by atoms with van der Waals surface area (Å²) in [7, 11) is 3.35. The summed E-state index contributed by atoms with van der Waals surface area (Å²) in [5, 5.41) is 2.79. The molecular weight excluding hydrogens is 434 g/mol. The number of nitrogens with one attached hydrogen (secondary N) is 1. The maximum atomic E-state index is 12.9. The molecule has 0 saturated carbocycles. The zero-order valence-corrected chi connectivity index (χ0v) is 20.7. The van der Waals surface area contributed by atoms with Gasteiger partial charge >= 0.3 is 0 Å². The monoisotopic (exact) mass is 467 g/mol. The lowest BCUT2D eigenvalue weighted by Crippen LogP contribution is -2.33. The van der Waals surface area contributed by atoms with Crippen LogP contribution in [-0.4, -0.2) is 49.1 Å². The van der Waals surface area contributed by atoms with Gasteiger partial charge in [0.2, 0.25) is 11.8 Å². The van der Waals surface area contributed by atoms with Crippen LogP contribution in [0.1, 0.15) is 51.3 Å². The van der Waals surface area contributed by atoms with E-state index >= 15 is 0 Å². The first-order valence-electron chi connectivity index (χ1n) is 11.4. The van der Waals surface area contributed by atoms with E-state index in [4.69, 9.17) is 14.2 Å². The van der Waals surface area contributed by atoms with Crippen LogP contribution in [-0.2, 0) is 9.59 Å². The van der Waals surface area contributed by atoms with Gasteiger partial charge in [-0.25, -0.2) is 4.98 Å². The quantitative estimate of drug-likeness (QED) is 0.576. The zero-order chi connectivity index (χ0) is 24.9. The van der Waals surface area contributed by atoms with Crippen LogP contribution < -0.4 is 19.5 Å². The number of hydrogen-bond donors (Lipinski definition) is 1. The van der Waals surface area contributed by atoms with E-state index in [1.807, 2.05) is 45.9 Å². The Bertz CT molecular complexity index is 1080. The molecule has 3 rings (SSSR count). The van der Waals surface area contributed by atoms with Gasteiger partial charge in [-0.2, -0.15) is 0 Å². The number of nitrogens with zero attached hydrogens (tertiary/aromatic N) is 2. The number of para-hydroxylation sites is 1. The molecule has 0 spiro atoms. The highest BCUT2D eigenvalue weighted by Crippen LogP contribution is 2.37. The lowest BCUT2D eigenvalue weighted by molar-refractivity contribution is -0.126. The Kier molecular flexibility index (Phi) is 7.81. The van der Waals surface area contributed by atoms with Gasteiger partial charge in [0.15, 0.2) is 23.1 Å². The van der Waals surface area contributed by atoms with Crippen molar-refractivity contribution in [3.05, 3.63) is 47.7 Å². The number of fused-ring (bicyclic) bond motifs is 1. The number of amides is 2. The Hall–Kier alpha value is -3.55. The molecule has 0 unspecified atom stereocenters. The average Bonchev–Trinajstić information content (AvgIpc) is 2.95. The van der Waals surface area contributed by atoms with Crippen molar-refractivity contribution in [3.8, 4) is 17.2 Å². The van der Waals surface area contributed by atoms with Crippen LogP contribution in [0.25, 0.3) is 6.08 Å². The summed E-state index contributed by atoms with van der Waals surface area (Å²) in [4.78, 5) is 31.1. The van der Waals surface area contributed by atoms with Gasteiger partial charge in [-0.15, -0.1) is 0 Å². The van der Waals surface area contributed by atoms with E-state index in [0.29, 0.717) is 35.2 Å². The Morgan fingerprint density at radius 2 is 2.15 bits per heavy atom. The second-order valence-corrected chi connectivity index (χ2v) is 8.93. The molecular formula is C26H33N3O5. The number of rotatable bonds is 8. The molecule has 182 valence electrons. The molecule has 0 radical (unpaired) electrons. The number of pyridine rings is 1. The molecule has 1 aliphatic rings. The highest BCUT2D eigenvalue weighted by molar-refractivity contribution is 5.96. The molecule has 1 atom stereocenters. The number of aromatic nitrogens is 1. The lowest BCUT2D eigenvalue weighted by Gasteiger charge is -2.26. The molecule has 1 aromatic heterocycles. The number of benzene rings is 1. The van der Waals surface area contributed by atoms with Crippen molar-refractivity contribution in [2.24, 2.45) is 5.41 Å². The van der Waals surface area contributed by atoms with Crippen molar-refractivity contribution in [3.63, 3.8) is 0 Å². The van der Waals surface area contributed by atoms with Crippen LogP contribution in [0.15, 0.2) is 36.5 Å². The summed E-state index contributed by atoms with van der Waals surface area (Å²) >= 11 is 0. The fourth-order valence-electron chi connectivity index (χ4n) is 3.42. The number of carbonyl (C=O) groups is 2. The highest BCUT2D eigenvalue weighted by atomic mass is 16.5. The summed E-state index contributed by atoms with van der Waals surface area (Å²) in [5.41, 5.74) is 0.900. The summed E-state index contributed by atoms with van der Waals surface area (Å²) < 4.78 is 17.2. The minimum Gasteiger partial charge on any atom is -0.493 e. The first kappa shape index (κ1) is 25.1. The molecule has 0 bridgehead atoms. The van der Waals surface area contributed by atoms with E-state index < -0.39 is 5.41 Å². The van der Waals surface area contributed by atoms with Gasteiger partial charge in [0.25, 0.3) is 0 Å². The molecule has 8 nitrogen and oxygen atoms in total. The molecule has 2 heterocycles. The van der Waals surface area contributed by atoms with Gasteiger partial charge in [0, 0.05) is 24.9 Å². The smallest absolute Gasteiger partial charge is 0.246 e. The number of hydrogen-bond acceptors (Lipinski definition) is 6. The standard InChI is InChI=1S/C26H33N3O5/c1-7-13-33-23-19(9-8-10-20(23)32-6)17(2)29(5)22(30)12-11-18-14-21-24(27-15-18)28-25(31)26(3,4)16-34-21/h8-12,14-15,17H,7,13,16H2,1-6H3,(H,27,28,31)/t17-/m1/s1. The Morgan fingerprint density at radius 3 is 2.85 bits per heavy atom. The Morgan fingerprint density at radius 1 is 1.38 bits per heavy atom. The number of carbonyl (C=O) groups excluding carboxylic acids is 2. The van der Waals surface area contributed by atoms with Crippen LogP contribution in [0.5, 0.6) is 17.2 Å². The molecule has 1 aliphatic heterocycles. The van der Waals surface area contributed by atoms with E-state index in [2.05, 4.69) is 10.3 Å². The van der Waals surface area contributed by atoms with Crippen molar-refractivity contribution >= 4 is 23.7 Å². The van der Waals surface area contributed by atoms with Gasteiger partial charge in [-0.1, -0.05) is 19.1 Å². The summed E-state index contributed by atoms with van der Waals surface area (Å²) in [6.45, 7) is 8.40. The van der Waals surface area contributed by atoms with Crippen LogP contribution >= 0.6 is 0 Å². The first-order valence-corrected chi connectivity index (χ1v) is 11.4. The largest absolute Gasteiger partial charge is 0.493 e. The topological polar surface area (TPSA) is 90.0 Å². The van der Waals surface area contributed by atoms with Crippen LogP contribution in [0.2, 0.25) is 0 Å². The second-order valence-electron chi connectivity index (χ2n) is 8.93. The predicted octanol–water partition coefficient (Wildman–Crippen LogP) is 4.47. The third-order valence-electron chi connectivity index (χ3n) is 5.79. The maximum Gasteiger partial charge on any atom is 0.246 e. The van der Waals surface area contributed by atoms with Gasteiger partial charge in [0.05, 0.1) is 25.2 Å². The lowest BCUT2D eigenvalue weighted by atomic mass is 9.94. The van der Waals surface area contributed by atoms with Crippen molar-refractivity contribution < 1.29 is 23.8 Å². The molecule has 2 amide bonds. The highest BCUT2D eigenvalue weighted by Gasteiger charge is 2.33. The van der Waals surface area contributed by atoms with Crippen LogP contribution in [0.3, 0.4) is 0 Å². The molecule has 0 fully saturated rings. The van der Waals surface area contributed by atoms with E-state index in [-0.39, 0.29) is 24.5 Å². The second kappa shape index (κ2) is 10.6. The van der Waals surface area contributed by atoms with E-state index in [1.54, 1.807) is 37.4 Å². The minimum atomic E-state index is -0.661. The van der Waals surface area contributed by atoms with Gasteiger partial charge in [-0.3, -0.25) is 9.59 Å².